The van der Waals surface area contributed by atoms with Crippen LogP contribution in [0.1, 0.15) is 61.1 Å². The van der Waals surface area contributed by atoms with Gasteiger partial charge in [-0.2, -0.15) is 0 Å². The van der Waals surface area contributed by atoms with Crippen molar-refractivity contribution in [3.8, 4) is 0 Å². The molecule has 1 atom stereocenters. The standard InChI is InChI=1S/C21H29N3O/c1-23-12-13-24(16-21(23)18-10-6-3-7-11-18)15-19-14-20(22-25-19)17-8-4-2-5-9-17/h3,6-7,10-11,14,17,21H,2,4-5,8-9,12-13,15-16H2,1H3. The lowest BCUT2D eigenvalue weighted by molar-refractivity contribution is 0.0837. The van der Waals surface area contributed by atoms with Gasteiger partial charge in [0.05, 0.1) is 12.2 Å². The summed E-state index contributed by atoms with van der Waals surface area (Å²) < 4.78 is 5.68. The highest BCUT2D eigenvalue weighted by molar-refractivity contribution is 5.20. The first kappa shape index (κ1) is 16.8. The summed E-state index contributed by atoms with van der Waals surface area (Å²) in [7, 11) is 2.23. The molecule has 0 spiro atoms. The Bertz CT molecular complexity index is 663. The number of hydrogen-bond donors (Lipinski definition) is 0. The molecule has 4 rings (SSSR count). The summed E-state index contributed by atoms with van der Waals surface area (Å²) >= 11 is 0. The fourth-order valence-electron chi connectivity index (χ4n) is 4.32. The highest BCUT2D eigenvalue weighted by atomic mass is 16.5. The van der Waals surface area contributed by atoms with Crippen molar-refractivity contribution in [2.75, 3.05) is 26.7 Å². The normalized spacial score (nSPS) is 23.8. The maximum Gasteiger partial charge on any atom is 0.150 e. The summed E-state index contributed by atoms with van der Waals surface area (Å²) in [6, 6.07) is 13.5. The van der Waals surface area contributed by atoms with Crippen molar-refractivity contribution in [3.05, 3.63) is 53.4 Å². The number of rotatable bonds is 4. The number of aromatic nitrogens is 1. The molecule has 1 unspecified atom stereocenters. The zero-order chi connectivity index (χ0) is 17.1. The van der Waals surface area contributed by atoms with Crippen molar-refractivity contribution in [3.63, 3.8) is 0 Å². The molecular formula is C21H29N3O. The second-order valence-corrected chi connectivity index (χ2v) is 7.70. The molecule has 2 aromatic rings. The van der Waals surface area contributed by atoms with Crippen molar-refractivity contribution < 1.29 is 4.52 Å². The van der Waals surface area contributed by atoms with Crippen LogP contribution in [0.25, 0.3) is 0 Å². The molecule has 0 radical (unpaired) electrons. The second kappa shape index (κ2) is 7.71. The van der Waals surface area contributed by atoms with Crippen molar-refractivity contribution >= 4 is 0 Å². The van der Waals surface area contributed by atoms with E-state index in [0.29, 0.717) is 12.0 Å². The van der Waals surface area contributed by atoms with E-state index in [1.807, 2.05) is 0 Å². The van der Waals surface area contributed by atoms with E-state index in [9.17, 15) is 0 Å². The van der Waals surface area contributed by atoms with E-state index in [4.69, 9.17) is 4.52 Å². The largest absolute Gasteiger partial charge is 0.360 e. The smallest absolute Gasteiger partial charge is 0.150 e. The molecule has 134 valence electrons. The van der Waals surface area contributed by atoms with Crippen molar-refractivity contribution in [1.29, 1.82) is 0 Å². The Balaban J connectivity index is 1.40. The van der Waals surface area contributed by atoms with Crippen LogP contribution in [0, 0.1) is 0 Å². The van der Waals surface area contributed by atoms with E-state index in [0.717, 1.165) is 31.9 Å². The van der Waals surface area contributed by atoms with Gasteiger partial charge in [-0.05, 0) is 25.5 Å². The molecule has 2 fully saturated rings. The lowest BCUT2D eigenvalue weighted by Crippen LogP contribution is -2.46. The first-order valence-electron chi connectivity index (χ1n) is 9.72. The van der Waals surface area contributed by atoms with Gasteiger partial charge in [0, 0.05) is 37.7 Å². The third kappa shape index (κ3) is 3.96. The average molecular weight is 339 g/mol. The molecule has 2 aliphatic rings. The Hall–Kier alpha value is -1.65. The molecule has 4 heteroatoms. The van der Waals surface area contributed by atoms with Crippen LogP contribution in [0.2, 0.25) is 0 Å². The van der Waals surface area contributed by atoms with Gasteiger partial charge in [-0.25, -0.2) is 0 Å². The SMILES string of the molecule is CN1CCN(Cc2cc(C3CCCCC3)no2)CC1c1ccccc1. The quantitative estimate of drug-likeness (QED) is 0.835. The van der Waals surface area contributed by atoms with E-state index in [1.165, 1.54) is 43.4 Å². The Labute approximate surface area is 150 Å². The van der Waals surface area contributed by atoms with E-state index in [1.54, 1.807) is 0 Å². The predicted molar refractivity (Wildman–Crippen MR) is 99.4 cm³/mol. The van der Waals surface area contributed by atoms with Crippen molar-refractivity contribution in [2.45, 2.75) is 50.6 Å². The zero-order valence-electron chi connectivity index (χ0n) is 15.2. The van der Waals surface area contributed by atoms with Gasteiger partial charge in [-0.3, -0.25) is 9.80 Å². The van der Waals surface area contributed by atoms with Crippen molar-refractivity contribution in [1.82, 2.24) is 15.0 Å². The minimum Gasteiger partial charge on any atom is -0.360 e. The van der Waals surface area contributed by atoms with Crippen LogP contribution in [0.15, 0.2) is 40.9 Å². The van der Waals surface area contributed by atoms with Crippen LogP contribution in [0.3, 0.4) is 0 Å². The summed E-state index contributed by atoms with van der Waals surface area (Å²) in [6.45, 7) is 4.08. The van der Waals surface area contributed by atoms with E-state index in [-0.39, 0.29) is 0 Å². The first-order valence-corrected chi connectivity index (χ1v) is 9.72. The molecule has 1 aromatic carbocycles. The van der Waals surface area contributed by atoms with Crippen molar-refractivity contribution in [2.24, 2.45) is 0 Å². The minimum absolute atomic E-state index is 0.454. The van der Waals surface area contributed by atoms with Crippen LogP contribution in [0.4, 0.5) is 0 Å². The fraction of sp³-hybridized carbons (Fsp3) is 0.571. The number of likely N-dealkylation sites (N-methyl/N-ethyl adjacent to an activating group) is 1. The lowest BCUT2D eigenvalue weighted by Gasteiger charge is -2.39. The third-order valence-corrected chi connectivity index (χ3v) is 5.90. The molecule has 25 heavy (non-hydrogen) atoms. The van der Waals surface area contributed by atoms with Gasteiger partial charge in [0.15, 0.2) is 5.76 Å². The molecule has 1 aliphatic heterocycles. The summed E-state index contributed by atoms with van der Waals surface area (Å²) in [5.41, 5.74) is 2.58. The fourth-order valence-corrected chi connectivity index (χ4v) is 4.32. The predicted octanol–water partition coefficient (Wildman–Crippen LogP) is 4.21. The molecule has 1 saturated heterocycles. The molecular weight excluding hydrogens is 310 g/mol. The van der Waals surface area contributed by atoms with E-state index < -0.39 is 0 Å². The number of benzene rings is 1. The molecule has 0 amide bonds. The molecule has 1 aromatic heterocycles. The summed E-state index contributed by atoms with van der Waals surface area (Å²) in [6.07, 6.45) is 6.60. The summed E-state index contributed by atoms with van der Waals surface area (Å²) in [5.74, 6) is 1.65. The Morgan fingerprint density at radius 1 is 1.08 bits per heavy atom. The van der Waals surface area contributed by atoms with Gasteiger partial charge in [0.1, 0.15) is 0 Å². The van der Waals surface area contributed by atoms with Crippen LogP contribution in [0.5, 0.6) is 0 Å². The van der Waals surface area contributed by atoms with E-state index in [2.05, 4.69) is 58.4 Å². The zero-order valence-corrected chi connectivity index (χ0v) is 15.2. The van der Waals surface area contributed by atoms with Crippen LogP contribution >= 0.6 is 0 Å². The van der Waals surface area contributed by atoms with E-state index >= 15 is 0 Å². The monoisotopic (exact) mass is 339 g/mol. The molecule has 1 saturated carbocycles. The topological polar surface area (TPSA) is 32.5 Å². The molecule has 0 bridgehead atoms. The van der Waals surface area contributed by atoms with Crippen LogP contribution in [-0.4, -0.2) is 41.6 Å². The highest BCUT2D eigenvalue weighted by Crippen LogP contribution is 2.32. The number of nitrogens with zero attached hydrogens (tertiary/aromatic N) is 3. The average Bonchev–Trinajstić information content (AvgIpc) is 3.13. The second-order valence-electron chi connectivity index (χ2n) is 7.70. The molecule has 4 nitrogen and oxygen atoms in total. The first-order chi connectivity index (χ1) is 12.3. The molecule has 1 aliphatic carbocycles. The Morgan fingerprint density at radius 3 is 2.68 bits per heavy atom. The number of piperazine rings is 1. The minimum atomic E-state index is 0.454. The molecule has 2 heterocycles. The summed E-state index contributed by atoms with van der Waals surface area (Å²) in [5, 5.41) is 4.39. The Kier molecular flexibility index (Phi) is 5.18. The van der Waals surface area contributed by atoms with Crippen LogP contribution < -0.4 is 0 Å². The van der Waals surface area contributed by atoms with Gasteiger partial charge >= 0.3 is 0 Å². The van der Waals surface area contributed by atoms with Crippen LogP contribution in [-0.2, 0) is 6.54 Å². The number of hydrogen-bond acceptors (Lipinski definition) is 4. The van der Waals surface area contributed by atoms with Gasteiger partial charge in [0.25, 0.3) is 0 Å². The third-order valence-electron chi connectivity index (χ3n) is 5.90. The maximum atomic E-state index is 5.68. The highest BCUT2D eigenvalue weighted by Gasteiger charge is 2.27. The summed E-state index contributed by atoms with van der Waals surface area (Å²) in [4.78, 5) is 4.96. The Morgan fingerprint density at radius 2 is 1.88 bits per heavy atom. The lowest BCUT2D eigenvalue weighted by atomic mass is 9.87. The maximum absolute atomic E-state index is 5.68. The molecule has 0 N–H and O–H groups in total. The van der Waals surface area contributed by atoms with Gasteiger partial charge in [-0.1, -0.05) is 54.8 Å². The van der Waals surface area contributed by atoms with Gasteiger partial charge in [-0.15, -0.1) is 0 Å². The van der Waals surface area contributed by atoms with Gasteiger partial charge < -0.3 is 4.52 Å². The van der Waals surface area contributed by atoms with Gasteiger partial charge in [0.2, 0.25) is 0 Å².